The van der Waals surface area contributed by atoms with E-state index < -0.39 is 6.04 Å². The van der Waals surface area contributed by atoms with Crippen LogP contribution in [0.1, 0.15) is 27.7 Å². The SMILES string of the molecule is CC(C)OC(=O)C(C)CNC(=O)[C@H](C)N. The van der Waals surface area contributed by atoms with Crippen molar-refractivity contribution in [1.82, 2.24) is 5.32 Å². The Balaban J connectivity index is 3.88. The van der Waals surface area contributed by atoms with Gasteiger partial charge in [0.15, 0.2) is 0 Å². The van der Waals surface area contributed by atoms with Gasteiger partial charge in [0, 0.05) is 6.54 Å². The highest BCUT2D eigenvalue weighted by Crippen LogP contribution is 2.00. The molecule has 0 saturated carbocycles. The zero-order valence-corrected chi connectivity index (χ0v) is 9.74. The summed E-state index contributed by atoms with van der Waals surface area (Å²) in [6.45, 7) is 7.11. The first-order valence-corrected chi connectivity index (χ1v) is 5.08. The van der Waals surface area contributed by atoms with Crippen molar-refractivity contribution < 1.29 is 14.3 Å². The van der Waals surface area contributed by atoms with Crippen molar-refractivity contribution in [3.8, 4) is 0 Å². The van der Waals surface area contributed by atoms with Crippen LogP contribution in [-0.2, 0) is 14.3 Å². The van der Waals surface area contributed by atoms with E-state index in [2.05, 4.69) is 5.32 Å². The van der Waals surface area contributed by atoms with Gasteiger partial charge in [-0.3, -0.25) is 9.59 Å². The first-order chi connectivity index (χ1) is 6.84. The predicted molar refractivity (Wildman–Crippen MR) is 57.1 cm³/mol. The van der Waals surface area contributed by atoms with Crippen molar-refractivity contribution in [2.45, 2.75) is 39.8 Å². The average Bonchev–Trinajstić information content (AvgIpc) is 2.12. The maximum absolute atomic E-state index is 11.3. The third kappa shape index (κ3) is 6.06. The van der Waals surface area contributed by atoms with Gasteiger partial charge < -0.3 is 15.8 Å². The molecule has 0 saturated heterocycles. The summed E-state index contributed by atoms with van der Waals surface area (Å²) in [5.74, 6) is -0.927. The third-order valence-electron chi connectivity index (χ3n) is 1.75. The van der Waals surface area contributed by atoms with Gasteiger partial charge in [0.05, 0.1) is 18.1 Å². The Hall–Kier alpha value is -1.10. The number of esters is 1. The molecule has 0 aliphatic heterocycles. The molecular weight excluding hydrogens is 196 g/mol. The lowest BCUT2D eigenvalue weighted by Crippen LogP contribution is -2.41. The Kier molecular flexibility index (Phi) is 5.93. The van der Waals surface area contributed by atoms with E-state index in [0.29, 0.717) is 0 Å². The molecule has 0 aromatic rings. The third-order valence-corrected chi connectivity index (χ3v) is 1.75. The van der Waals surface area contributed by atoms with Gasteiger partial charge in [-0.15, -0.1) is 0 Å². The molecule has 15 heavy (non-hydrogen) atoms. The fourth-order valence-electron chi connectivity index (χ4n) is 0.846. The van der Waals surface area contributed by atoms with Crippen LogP contribution in [0.4, 0.5) is 0 Å². The van der Waals surface area contributed by atoms with Gasteiger partial charge in [-0.25, -0.2) is 0 Å². The van der Waals surface area contributed by atoms with Gasteiger partial charge in [0.1, 0.15) is 0 Å². The molecule has 1 unspecified atom stereocenters. The van der Waals surface area contributed by atoms with Crippen LogP contribution in [0.3, 0.4) is 0 Å². The van der Waals surface area contributed by atoms with Crippen molar-refractivity contribution in [1.29, 1.82) is 0 Å². The van der Waals surface area contributed by atoms with Crippen LogP contribution in [0.2, 0.25) is 0 Å². The second kappa shape index (κ2) is 6.40. The summed E-state index contributed by atoms with van der Waals surface area (Å²) in [6.07, 6.45) is -0.135. The van der Waals surface area contributed by atoms with Crippen molar-refractivity contribution in [2.24, 2.45) is 11.7 Å². The quantitative estimate of drug-likeness (QED) is 0.636. The Labute approximate surface area is 90.4 Å². The van der Waals surface area contributed by atoms with Crippen molar-refractivity contribution in [3.63, 3.8) is 0 Å². The fraction of sp³-hybridized carbons (Fsp3) is 0.800. The van der Waals surface area contributed by atoms with Gasteiger partial charge in [-0.05, 0) is 20.8 Å². The van der Waals surface area contributed by atoms with Crippen molar-refractivity contribution >= 4 is 11.9 Å². The maximum atomic E-state index is 11.3. The van der Waals surface area contributed by atoms with E-state index in [9.17, 15) is 9.59 Å². The molecule has 0 fully saturated rings. The molecule has 1 amide bonds. The molecule has 0 aliphatic rings. The van der Waals surface area contributed by atoms with Crippen LogP contribution in [0.25, 0.3) is 0 Å². The standard InChI is InChI=1S/C10H20N2O3/c1-6(2)15-10(14)7(3)5-12-9(13)8(4)11/h6-8H,5,11H2,1-4H3,(H,12,13)/t7?,8-/m0/s1. The summed E-state index contributed by atoms with van der Waals surface area (Å²) >= 11 is 0. The zero-order chi connectivity index (χ0) is 12.0. The summed E-state index contributed by atoms with van der Waals surface area (Å²) < 4.78 is 4.98. The Morgan fingerprint density at radius 1 is 1.27 bits per heavy atom. The monoisotopic (exact) mass is 216 g/mol. The number of nitrogens with one attached hydrogen (secondary N) is 1. The van der Waals surface area contributed by atoms with Crippen LogP contribution in [0, 0.1) is 5.92 Å². The molecule has 0 heterocycles. The number of nitrogens with two attached hydrogens (primary N) is 1. The largest absolute Gasteiger partial charge is 0.463 e. The summed E-state index contributed by atoms with van der Waals surface area (Å²) in [5, 5.41) is 2.57. The van der Waals surface area contributed by atoms with Crippen molar-refractivity contribution in [3.05, 3.63) is 0 Å². The molecule has 2 atom stereocenters. The van der Waals surface area contributed by atoms with Crippen LogP contribution in [-0.4, -0.2) is 30.6 Å². The van der Waals surface area contributed by atoms with E-state index in [1.54, 1.807) is 27.7 Å². The van der Waals surface area contributed by atoms with E-state index in [0.717, 1.165) is 0 Å². The molecule has 5 heteroatoms. The van der Waals surface area contributed by atoms with Gasteiger partial charge in [-0.2, -0.15) is 0 Å². The Bertz CT molecular complexity index is 227. The average molecular weight is 216 g/mol. The van der Waals surface area contributed by atoms with Gasteiger partial charge >= 0.3 is 5.97 Å². The first-order valence-electron chi connectivity index (χ1n) is 5.08. The molecule has 3 N–H and O–H groups in total. The normalized spacial score (nSPS) is 14.5. The molecule has 0 rings (SSSR count). The smallest absolute Gasteiger partial charge is 0.310 e. The van der Waals surface area contributed by atoms with Crippen molar-refractivity contribution in [2.75, 3.05) is 6.54 Å². The number of hydrogen-bond acceptors (Lipinski definition) is 4. The molecule has 0 aromatic heterocycles. The Morgan fingerprint density at radius 3 is 2.20 bits per heavy atom. The number of carbonyl (C=O) groups is 2. The van der Waals surface area contributed by atoms with Crippen LogP contribution >= 0.6 is 0 Å². The van der Waals surface area contributed by atoms with E-state index in [1.807, 2.05) is 0 Å². The van der Waals surface area contributed by atoms with Gasteiger partial charge in [-0.1, -0.05) is 6.92 Å². The minimum atomic E-state index is -0.557. The highest BCUT2D eigenvalue weighted by molar-refractivity contribution is 5.81. The molecule has 0 spiro atoms. The number of rotatable bonds is 5. The second-order valence-electron chi connectivity index (χ2n) is 3.92. The maximum Gasteiger partial charge on any atom is 0.310 e. The highest BCUT2D eigenvalue weighted by Gasteiger charge is 2.17. The lowest BCUT2D eigenvalue weighted by molar-refractivity contribution is -0.151. The molecule has 0 radical (unpaired) electrons. The summed E-state index contributed by atoms with van der Waals surface area (Å²) in [5.41, 5.74) is 5.35. The minimum absolute atomic E-state index is 0.135. The fourth-order valence-corrected chi connectivity index (χ4v) is 0.846. The van der Waals surface area contributed by atoms with Crippen LogP contribution < -0.4 is 11.1 Å². The summed E-state index contributed by atoms with van der Waals surface area (Å²) in [6, 6.07) is -0.557. The molecule has 88 valence electrons. The zero-order valence-electron chi connectivity index (χ0n) is 9.74. The number of amides is 1. The van der Waals surface area contributed by atoms with Gasteiger partial charge in [0.25, 0.3) is 0 Å². The van der Waals surface area contributed by atoms with E-state index in [1.165, 1.54) is 0 Å². The highest BCUT2D eigenvalue weighted by atomic mass is 16.5. The first kappa shape index (κ1) is 13.9. The molecular formula is C10H20N2O3. The summed E-state index contributed by atoms with van der Waals surface area (Å²) in [4.78, 5) is 22.4. The minimum Gasteiger partial charge on any atom is -0.463 e. The second-order valence-corrected chi connectivity index (χ2v) is 3.92. The van der Waals surface area contributed by atoms with Gasteiger partial charge in [0.2, 0.25) is 5.91 Å². The number of ether oxygens (including phenoxy) is 1. The van der Waals surface area contributed by atoms with E-state index >= 15 is 0 Å². The molecule has 0 aliphatic carbocycles. The van der Waals surface area contributed by atoms with Crippen LogP contribution in [0.15, 0.2) is 0 Å². The lowest BCUT2D eigenvalue weighted by Gasteiger charge is -2.15. The lowest BCUT2D eigenvalue weighted by atomic mass is 10.2. The predicted octanol–water partition coefficient (Wildman–Crippen LogP) is 0.0375. The molecule has 0 bridgehead atoms. The van der Waals surface area contributed by atoms with E-state index in [-0.39, 0.29) is 30.4 Å². The summed E-state index contributed by atoms with van der Waals surface area (Å²) in [7, 11) is 0. The molecule has 5 nitrogen and oxygen atoms in total. The topological polar surface area (TPSA) is 81.4 Å². The number of carbonyl (C=O) groups excluding carboxylic acids is 2. The van der Waals surface area contributed by atoms with Crippen LogP contribution in [0.5, 0.6) is 0 Å². The Morgan fingerprint density at radius 2 is 1.80 bits per heavy atom. The van der Waals surface area contributed by atoms with E-state index in [4.69, 9.17) is 10.5 Å². The molecule has 0 aromatic carbocycles. The number of hydrogen-bond donors (Lipinski definition) is 2.